The Labute approximate surface area is 395 Å². The van der Waals surface area contributed by atoms with Crippen molar-refractivity contribution in [3.8, 4) is 44.5 Å². The highest BCUT2D eigenvalue weighted by molar-refractivity contribution is 6.39. The predicted molar refractivity (Wildman–Crippen MR) is 285 cm³/mol. The van der Waals surface area contributed by atoms with Gasteiger partial charge in [-0.15, -0.1) is 0 Å². The van der Waals surface area contributed by atoms with E-state index in [2.05, 4.69) is 218 Å². The molecule has 0 fully saturated rings. The minimum Gasteiger partial charge on any atom is -0.0620 e. The average molecular weight is 861 g/mol. The van der Waals surface area contributed by atoms with E-state index < -0.39 is 0 Å². The van der Waals surface area contributed by atoms with Crippen LogP contribution in [0.1, 0.15) is 57.3 Å². The zero-order valence-corrected chi connectivity index (χ0v) is 37.6. The van der Waals surface area contributed by atoms with Crippen molar-refractivity contribution in [3.05, 3.63) is 263 Å². The highest BCUT2D eigenvalue weighted by Crippen LogP contribution is 2.60. The van der Waals surface area contributed by atoms with Crippen LogP contribution in [0, 0.1) is 0 Å². The summed E-state index contributed by atoms with van der Waals surface area (Å²) >= 11 is 0. The van der Waals surface area contributed by atoms with Gasteiger partial charge in [-0.2, -0.15) is 0 Å². The Morgan fingerprint density at radius 2 is 0.574 bits per heavy atom. The van der Waals surface area contributed by atoms with Gasteiger partial charge in [-0.3, -0.25) is 0 Å². The lowest BCUT2D eigenvalue weighted by Gasteiger charge is -2.29. The molecule has 0 amide bonds. The number of hydrogen-bond donors (Lipinski definition) is 0. The first-order chi connectivity index (χ1) is 33.7. The molecular weight excluding hydrogens is 817 g/mol. The standard InChI is InChI=1S/C68H44/c1-9-21-59-41(13-1)33-35-67(59)61-23-11-7-17-51(61)53-31-27-45(39-63(53)67)43-25-29-49-47-15-3-6-20-56(47)66-58-38-44(26-30-50(58)48-16-4-5-19-55(48)65(66)57(49)37-43)46-28-32-54-52-18-8-12-24-62(52)68(64(54)40-46)36-34-42-14-2-10-22-60(42)68/h1-32,37-40H,33-36H2. The maximum atomic E-state index is 2.55. The normalized spacial score (nSPS) is 18.2. The van der Waals surface area contributed by atoms with Crippen LogP contribution >= 0.6 is 0 Å². The molecule has 316 valence electrons. The molecule has 4 aliphatic carbocycles. The van der Waals surface area contributed by atoms with Gasteiger partial charge in [-0.1, -0.05) is 194 Å². The summed E-state index contributed by atoms with van der Waals surface area (Å²) in [6, 6.07) is 84.3. The monoisotopic (exact) mass is 860 g/mol. The molecule has 0 heteroatoms. The van der Waals surface area contributed by atoms with E-state index in [-0.39, 0.29) is 10.8 Å². The van der Waals surface area contributed by atoms with Crippen LogP contribution in [-0.4, -0.2) is 0 Å². The molecule has 12 aromatic carbocycles. The first-order valence-corrected chi connectivity index (χ1v) is 24.6. The topological polar surface area (TPSA) is 0 Å². The lowest BCUT2D eigenvalue weighted by atomic mass is 9.73. The Balaban J connectivity index is 0.933. The summed E-state index contributed by atoms with van der Waals surface area (Å²) < 4.78 is 0. The molecule has 0 heterocycles. The van der Waals surface area contributed by atoms with Crippen molar-refractivity contribution >= 4 is 53.9 Å². The first-order valence-electron chi connectivity index (χ1n) is 24.6. The summed E-state index contributed by atoms with van der Waals surface area (Å²) in [5.74, 6) is 0. The van der Waals surface area contributed by atoms with E-state index in [4.69, 9.17) is 0 Å². The molecule has 12 aromatic rings. The van der Waals surface area contributed by atoms with Gasteiger partial charge in [0.2, 0.25) is 0 Å². The zero-order chi connectivity index (χ0) is 44.3. The van der Waals surface area contributed by atoms with Gasteiger partial charge < -0.3 is 0 Å². The summed E-state index contributed by atoms with van der Waals surface area (Å²) in [4.78, 5) is 0. The number of fused-ring (bicyclic) bond motifs is 25. The lowest BCUT2D eigenvalue weighted by Crippen LogP contribution is -2.23. The van der Waals surface area contributed by atoms with Crippen LogP contribution in [-0.2, 0) is 23.7 Å². The third kappa shape index (κ3) is 4.61. The quantitative estimate of drug-likeness (QED) is 0.152. The SMILES string of the molecule is c1ccc2c(c1)CCC21c2ccccc2-c2ccc(-c3ccc4c5ccccc5c5c6cc(-c7ccc8c(c7)C7(CCc9ccccc97)c7ccccc7-8)ccc6c6ccccc6c5c4c3)cc21. The lowest BCUT2D eigenvalue weighted by molar-refractivity contribution is 0.626. The summed E-state index contributed by atoms with van der Waals surface area (Å²) in [6.45, 7) is 0. The molecule has 0 radical (unpaired) electrons. The van der Waals surface area contributed by atoms with Crippen LogP contribution in [0.5, 0.6) is 0 Å². The molecule has 0 aromatic heterocycles. The number of aryl methyl sites for hydroxylation is 2. The summed E-state index contributed by atoms with van der Waals surface area (Å²) in [5, 5.41) is 13.1. The van der Waals surface area contributed by atoms with E-state index in [1.165, 1.54) is 143 Å². The summed E-state index contributed by atoms with van der Waals surface area (Å²) in [6.07, 6.45) is 4.40. The van der Waals surface area contributed by atoms with Gasteiger partial charge >= 0.3 is 0 Å². The van der Waals surface area contributed by atoms with E-state index in [1.54, 1.807) is 0 Å². The summed E-state index contributed by atoms with van der Waals surface area (Å²) in [5.41, 5.74) is 22.1. The van der Waals surface area contributed by atoms with E-state index in [1.807, 2.05) is 0 Å². The molecule has 0 bridgehead atoms. The molecule has 2 atom stereocenters. The van der Waals surface area contributed by atoms with Crippen LogP contribution in [0.4, 0.5) is 0 Å². The second-order valence-corrected chi connectivity index (χ2v) is 20.1. The third-order valence-corrected chi connectivity index (χ3v) is 17.3. The van der Waals surface area contributed by atoms with Crippen molar-refractivity contribution in [2.45, 2.75) is 36.5 Å². The van der Waals surface area contributed by atoms with Crippen molar-refractivity contribution in [1.29, 1.82) is 0 Å². The van der Waals surface area contributed by atoms with Crippen molar-refractivity contribution in [3.63, 3.8) is 0 Å². The fourth-order valence-corrected chi connectivity index (χ4v) is 14.5. The van der Waals surface area contributed by atoms with E-state index >= 15 is 0 Å². The van der Waals surface area contributed by atoms with Crippen LogP contribution in [0.3, 0.4) is 0 Å². The van der Waals surface area contributed by atoms with E-state index in [9.17, 15) is 0 Å². The Morgan fingerprint density at radius 3 is 1.04 bits per heavy atom. The molecule has 16 rings (SSSR count). The first kappa shape index (κ1) is 37.1. The molecule has 0 saturated carbocycles. The second kappa shape index (κ2) is 13.3. The molecule has 0 saturated heterocycles. The Bertz CT molecular complexity index is 3950. The molecule has 68 heavy (non-hydrogen) atoms. The van der Waals surface area contributed by atoms with E-state index in [0.717, 1.165) is 25.7 Å². The van der Waals surface area contributed by atoms with Crippen LogP contribution < -0.4 is 0 Å². The Kier molecular flexibility index (Phi) is 7.26. The second-order valence-electron chi connectivity index (χ2n) is 20.1. The predicted octanol–water partition coefficient (Wildman–Crippen LogP) is 17.3. The molecule has 2 unspecified atom stereocenters. The number of rotatable bonds is 2. The van der Waals surface area contributed by atoms with Gasteiger partial charge in [-0.25, -0.2) is 0 Å². The van der Waals surface area contributed by atoms with Crippen molar-refractivity contribution in [2.24, 2.45) is 0 Å². The third-order valence-electron chi connectivity index (χ3n) is 17.3. The van der Waals surface area contributed by atoms with Gasteiger partial charge in [0.05, 0.1) is 0 Å². The highest BCUT2D eigenvalue weighted by atomic mass is 14.5. The molecule has 2 spiro atoms. The van der Waals surface area contributed by atoms with Crippen molar-refractivity contribution < 1.29 is 0 Å². The van der Waals surface area contributed by atoms with Crippen LogP contribution in [0.25, 0.3) is 98.4 Å². The average Bonchev–Trinajstić information content (AvgIpc) is 4.15. The van der Waals surface area contributed by atoms with Crippen LogP contribution in [0.2, 0.25) is 0 Å². The maximum Gasteiger partial charge on any atom is 0.0469 e. The smallest absolute Gasteiger partial charge is 0.0469 e. The maximum absolute atomic E-state index is 2.55. The minimum atomic E-state index is -0.129. The van der Waals surface area contributed by atoms with Gasteiger partial charge in [-0.05, 0) is 193 Å². The minimum absolute atomic E-state index is 0.129. The van der Waals surface area contributed by atoms with Gasteiger partial charge in [0.25, 0.3) is 0 Å². The molecular formula is C68H44. The summed E-state index contributed by atoms with van der Waals surface area (Å²) in [7, 11) is 0. The van der Waals surface area contributed by atoms with Gasteiger partial charge in [0.1, 0.15) is 0 Å². The fourth-order valence-electron chi connectivity index (χ4n) is 14.5. The van der Waals surface area contributed by atoms with Crippen LogP contribution in [0.15, 0.2) is 218 Å². The highest BCUT2D eigenvalue weighted by Gasteiger charge is 2.49. The fraction of sp³-hybridized carbons (Fsp3) is 0.0882. The number of hydrogen-bond acceptors (Lipinski definition) is 0. The van der Waals surface area contributed by atoms with E-state index in [0.29, 0.717) is 0 Å². The molecule has 4 aliphatic rings. The van der Waals surface area contributed by atoms with Gasteiger partial charge in [0, 0.05) is 10.8 Å². The van der Waals surface area contributed by atoms with Crippen molar-refractivity contribution in [2.75, 3.05) is 0 Å². The Hall–Kier alpha value is -8.06. The van der Waals surface area contributed by atoms with Crippen molar-refractivity contribution in [1.82, 2.24) is 0 Å². The largest absolute Gasteiger partial charge is 0.0620 e. The van der Waals surface area contributed by atoms with Gasteiger partial charge in [0.15, 0.2) is 0 Å². The molecule has 0 nitrogen and oxygen atoms in total. The molecule has 0 aliphatic heterocycles. The number of benzene rings is 12. The Morgan fingerprint density at radius 1 is 0.235 bits per heavy atom. The molecule has 0 N–H and O–H groups in total. The zero-order valence-electron chi connectivity index (χ0n) is 37.6.